The van der Waals surface area contributed by atoms with Gasteiger partial charge in [0.1, 0.15) is 11.0 Å². The molecule has 2 nitrogen and oxygen atoms in total. The van der Waals surface area contributed by atoms with Gasteiger partial charge in [0.05, 0.1) is 20.8 Å². The van der Waals surface area contributed by atoms with Crippen LogP contribution in [0.3, 0.4) is 0 Å². The van der Waals surface area contributed by atoms with Crippen molar-refractivity contribution in [2.24, 2.45) is 0 Å². The van der Waals surface area contributed by atoms with E-state index in [1.54, 1.807) is 0 Å². The normalized spacial score (nSPS) is 13.7. The third kappa shape index (κ3) is 7.59. The maximum atomic E-state index is 6.20. The lowest BCUT2D eigenvalue weighted by atomic mass is 9.82. The molecular formula is C88H58N2S. The first kappa shape index (κ1) is 52.1. The van der Waals surface area contributed by atoms with Crippen LogP contribution in [-0.2, 0) is 10.8 Å². The highest BCUT2D eigenvalue weighted by Crippen LogP contribution is 2.58. The molecule has 15 aromatic carbocycles. The van der Waals surface area contributed by atoms with Gasteiger partial charge in [-0.05, 0) is 167 Å². The van der Waals surface area contributed by atoms with Crippen LogP contribution in [0, 0.1) is 0 Å². The molecule has 0 amide bonds. The molecule has 426 valence electrons. The van der Waals surface area contributed by atoms with Crippen molar-refractivity contribution in [3.05, 3.63) is 301 Å². The number of hydrogen-bond donors (Lipinski definition) is 0. The molecule has 0 atom stereocenters. The molecule has 0 radical (unpaired) electrons. The van der Waals surface area contributed by atoms with Gasteiger partial charge in [0, 0.05) is 32.7 Å². The van der Waals surface area contributed by atoms with Crippen LogP contribution in [0.5, 0.6) is 0 Å². The van der Waals surface area contributed by atoms with Gasteiger partial charge >= 0.3 is 0 Å². The molecule has 19 rings (SSSR count). The molecule has 0 saturated carbocycles. The minimum absolute atomic E-state index is 0.186. The van der Waals surface area contributed by atoms with E-state index in [1.807, 2.05) is 11.3 Å². The highest BCUT2D eigenvalue weighted by atomic mass is 32.1. The average molecular weight is 1180 g/mol. The van der Waals surface area contributed by atoms with Gasteiger partial charge in [-0.25, -0.2) is 9.97 Å². The Morgan fingerprint density at radius 3 is 0.978 bits per heavy atom. The highest BCUT2D eigenvalue weighted by molar-refractivity contribution is 7.21. The summed E-state index contributed by atoms with van der Waals surface area (Å²) in [6, 6.07) is 104. The Kier molecular flexibility index (Phi) is 11.1. The molecule has 0 bridgehead atoms. The summed E-state index contributed by atoms with van der Waals surface area (Å²) in [7, 11) is 0. The molecule has 0 unspecified atom stereocenters. The number of thiophene rings is 1. The summed E-state index contributed by atoms with van der Waals surface area (Å²) >= 11 is 1.86. The monoisotopic (exact) mass is 1170 g/mol. The van der Waals surface area contributed by atoms with Crippen LogP contribution in [0.2, 0.25) is 0 Å². The molecule has 0 spiro atoms. The first-order valence-electron chi connectivity index (χ1n) is 31.8. The van der Waals surface area contributed by atoms with E-state index in [2.05, 4.69) is 307 Å². The van der Waals surface area contributed by atoms with Gasteiger partial charge in [-0.15, -0.1) is 11.3 Å². The minimum Gasteiger partial charge on any atom is -0.242 e. The summed E-state index contributed by atoms with van der Waals surface area (Å²) in [5.41, 5.74) is 25.5. The first-order valence-corrected chi connectivity index (χ1v) is 32.6. The Morgan fingerprint density at radius 2 is 0.549 bits per heavy atom. The Balaban J connectivity index is 0.894. The van der Waals surface area contributed by atoms with Gasteiger partial charge in [-0.3, -0.25) is 0 Å². The molecule has 0 aliphatic heterocycles. The van der Waals surface area contributed by atoms with Gasteiger partial charge in [-0.2, -0.15) is 0 Å². The number of hydrogen-bond acceptors (Lipinski definition) is 3. The average Bonchev–Trinajstić information content (AvgIpc) is 1.65. The van der Waals surface area contributed by atoms with Gasteiger partial charge in [0.2, 0.25) is 0 Å². The van der Waals surface area contributed by atoms with Crippen LogP contribution in [0.25, 0.3) is 174 Å². The van der Waals surface area contributed by atoms with E-state index in [0.717, 1.165) is 64.5 Å². The first-order chi connectivity index (χ1) is 44.6. The molecule has 3 heteroatoms. The van der Waals surface area contributed by atoms with E-state index in [9.17, 15) is 0 Å². The van der Waals surface area contributed by atoms with Crippen LogP contribution < -0.4 is 0 Å². The molecule has 2 aliphatic rings. The molecule has 91 heavy (non-hydrogen) atoms. The molecule has 17 aromatic rings. The Bertz CT molecular complexity index is 5670. The maximum absolute atomic E-state index is 6.20. The topological polar surface area (TPSA) is 25.8 Å². The molecule has 2 aromatic heterocycles. The summed E-state index contributed by atoms with van der Waals surface area (Å²) in [4.78, 5) is 14.7. The Labute approximate surface area is 532 Å². The summed E-state index contributed by atoms with van der Waals surface area (Å²) in [5.74, 6) is 0. The van der Waals surface area contributed by atoms with E-state index in [-0.39, 0.29) is 10.8 Å². The fourth-order valence-electron chi connectivity index (χ4n) is 16.2. The van der Waals surface area contributed by atoms with Crippen molar-refractivity contribution in [2.75, 3.05) is 0 Å². The van der Waals surface area contributed by atoms with Crippen molar-refractivity contribution in [1.29, 1.82) is 0 Å². The fraction of sp³-hybridized carbons (Fsp3) is 0.0682. The zero-order valence-electron chi connectivity index (χ0n) is 50.9. The van der Waals surface area contributed by atoms with Crippen LogP contribution >= 0.6 is 11.3 Å². The van der Waals surface area contributed by atoms with E-state index in [4.69, 9.17) is 9.97 Å². The fourth-order valence-corrected chi connectivity index (χ4v) is 17.4. The van der Waals surface area contributed by atoms with Crippen molar-refractivity contribution in [3.8, 4) is 87.6 Å². The quantitative estimate of drug-likeness (QED) is 0.155. The number of nitrogens with zero attached hydrogens (tertiary/aromatic N) is 2. The number of fused-ring (bicyclic) bond motifs is 19. The summed E-state index contributed by atoms with van der Waals surface area (Å²) in [5, 5.41) is 14.5. The summed E-state index contributed by atoms with van der Waals surface area (Å²) in [6.45, 7) is 9.52. The predicted molar refractivity (Wildman–Crippen MR) is 388 cm³/mol. The molecule has 2 aliphatic carbocycles. The smallest absolute Gasteiger partial charge is 0.109 e. The van der Waals surface area contributed by atoms with E-state index >= 15 is 0 Å². The van der Waals surface area contributed by atoms with Crippen molar-refractivity contribution in [2.45, 2.75) is 38.5 Å². The predicted octanol–water partition coefficient (Wildman–Crippen LogP) is 24.4. The Morgan fingerprint density at radius 1 is 0.231 bits per heavy atom. The second-order valence-corrected chi connectivity index (χ2v) is 27.3. The standard InChI is InChI=1S/C88H58N2S/c1-87(2)75-31-15-13-27-69(75)79-71(29-17-33-77(79)87)85-83-84(86(91-85)72-30-18-34-78-80(72)70-28-14-16-32-76(70)88(78,3)4)90-82-74-50-58(64-26-12-10-24-62(64)56-40-44-66-54(48-56)38-36-52-20-6-8-22-60(52)66)42-46-68(74)67-45-41-57(49-73(67)81(82)89-83)63-25-11-9-23-61(63)55-39-43-65-53(47-55)37-35-51-19-5-7-21-59(51)65/h5-50H,1-4H3. The zero-order chi connectivity index (χ0) is 60.4. The summed E-state index contributed by atoms with van der Waals surface area (Å²) < 4.78 is 0. The van der Waals surface area contributed by atoms with Crippen molar-refractivity contribution < 1.29 is 0 Å². The number of benzene rings is 15. The van der Waals surface area contributed by atoms with Crippen LogP contribution in [0.15, 0.2) is 279 Å². The SMILES string of the molecule is CC1(C)c2ccccc2-c2c(-c3sc(-c4cccc5c4-c4ccccc4C5(C)C)c4nc5c6cc(-c7ccccc7-c7ccc8c(ccc9ccccc98)c7)ccc6c6ccc(-c7ccccc7-c7ccc8c(ccc9ccccc98)c7)cc6c5nc34)cccc21. The highest BCUT2D eigenvalue weighted by Gasteiger charge is 2.40. The molecule has 2 heterocycles. The van der Waals surface area contributed by atoms with Crippen LogP contribution in [0.4, 0.5) is 0 Å². The summed E-state index contributed by atoms with van der Waals surface area (Å²) in [6.07, 6.45) is 0. The minimum atomic E-state index is -0.186. The third-order valence-corrected chi connectivity index (χ3v) is 21.9. The van der Waals surface area contributed by atoms with Crippen LogP contribution in [-0.4, -0.2) is 9.97 Å². The van der Waals surface area contributed by atoms with Crippen molar-refractivity contribution in [1.82, 2.24) is 9.97 Å². The number of rotatable bonds is 6. The number of aromatic nitrogens is 2. The second-order valence-electron chi connectivity index (χ2n) is 26.2. The lowest BCUT2D eigenvalue weighted by Crippen LogP contribution is -2.14. The second kappa shape index (κ2) is 19.3. The van der Waals surface area contributed by atoms with E-state index in [0.29, 0.717) is 0 Å². The van der Waals surface area contributed by atoms with Crippen LogP contribution in [0.1, 0.15) is 49.9 Å². The van der Waals surface area contributed by atoms with Gasteiger partial charge in [0.25, 0.3) is 0 Å². The van der Waals surface area contributed by atoms with Gasteiger partial charge in [-0.1, -0.05) is 282 Å². The molecule has 0 fully saturated rings. The Hall–Kier alpha value is -10.8. The molecule has 0 saturated heterocycles. The maximum Gasteiger partial charge on any atom is 0.109 e. The largest absolute Gasteiger partial charge is 0.242 e. The third-order valence-electron chi connectivity index (χ3n) is 20.7. The van der Waals surface area contributed by atoms with E-state index in [1.165, 1.54) is 132 Å². The lowest BCUT2D eigenvalue weighted by Gasteiger charge is -2.21. The van der Waals surface area contributed by atoms with Gasteiger partial charge < -0.3 is 0 Å². The van der Waals surface area contributed by atoms with Crippen molar-refractivity contribution in [3.63, 3.8) is 0 Å². The lowest BCUT2D eigenvalue weighted by molar-refractivity contribution is 0.660. The van der Waals surface area contributed by atoms with Crippen molar-refractivity contribution >= 4 is 98.0 Å². The zero-order valence-corrected chi connectivity index (χ0v) is 51.7. The molecular weight excluding hydrogens is 1120 g/mol. The molecule has 0 N–H and O–H groups in total. The van der Waals surface area contributed by atoms with Gasteiger partial charge in [0.15, 0.2) is 0 Å². The van der Waals surface area contributed by atoms with E-state index < -0.39 is 0 Å².